The topological polar surface area (TPSA) is 95.9 Å². The van der Waals surface area contributed by atoms with Crippen molar-refractivity contribution in [2.24, 2.45) is 0 Å². The van der Waals surface area contributed by atoms with Gasteiger partial charge in [0.25, 0.3) is 0 Å². The molecule has 0 aliphatic rings. The van der Waals surface area contributed by atoms with Crippen LogP contribution < -0.4 is 5.32 Å². The molecule has 0 aromatic heterocycles. The van der Waals surface area contributed by atoms with Gasteiger partial charge in [-0.3, -0.25) is 4.79 Å². The SMILES string of the molecule is CC(C)OCC(=O)N[C@H](Cc1ccc(-c2cccc(Cl)c2)cc1)C[C@@H](O)C(=O)O. The first kappa shape index (κ1) is 22.9. The van der Waals surface area contributed by atoms with Gasteiger partial charge in [-0.2, -0.15) is 0 Å². The molecular formula is C22H26ClNO5. The molecule has 0 heterocycles. The zero-order chi connectivity index (χ0) is 21.4. The molecule has 0 radical (unpaired) electrons. The van der Waals surface area contributed by atoms with Crippen LogP contribution in [0.3, 0.4) is 0 Å². The molecule has 0 saturated carbocycles. The summed E-state index contributed by atoms with van der Waals surface area (Å²) in [5, 5.41) is 22.1. The molecular weight excluding hydrogens is 394 g/mol. The highest BCUT2D eigenvalue weighted by Crippen LogP contribution is 2.23. The minimum atomic E-state index is -1.56. The van der Waals surface area contributed by atoms with Crippen molar-refractivity contribution in [3.63, 3.8) is 0 Å². The fourth-order valence-corrected chi connectivity index (χ4v) is 3.05. The van der Waals surface area contributed by atoms with Crippen LogP contribution >= 0.6 is 11.6 Å². The summed E-state index contributed by atoms with van der Waals surface area (Å²) in [7, 11) is 0. The van der Waals surface area contributed by atoms with Crippen molar-refractivity contribution in [1.29, 1.82) is 0 Å². The van der Waals surface area contributed by atoms with Crippen LogP contribution in [0.2, 0.25) is 5.02 Å². The van der Waals surface area contributed by atoms with Crippen LogP contribution in [0.1, 0.15) is 25.8 Å². The second-order valence-corrected chi connectivity index (χ2v) is 7.56. The van der Waals surface area contributed by atoms with Gasteiger partial charge in [0, 0.05) is 17.5 Å². The molecule has 0 aliphatic carbocycles. The Morgan fingerprint density at radius 1 is 1.10 bits per heavy atom. The van der Waals surface area contributed by atoms with Crippen LogP contribution in [-0.4, -0.2) is 46.9 Å². The maximum absolute atomic E-state index is 12.1. The molecule has 2 aromatic carbocycles. The highest BCUT2D eigenvalue weighted by Gasteiger charge is 2.22. The number of hydrogen-bond donors (Lipinski definition) is 3. The number of hydrogen-bond acceptors (Lipinski definition) is 4. The summed E-state index contributed by atoms with van der Waals surface area (Å²) in [6.07, 6.45) is -1.37. The number of aliphatic carboxylic acids is 1. The van der Waals surface area contributed by atoms with Gasteiger partial charge in [0.15, 0.2) is 6.10 Å². The molecule has 29 heavy (non-hydrogen) atoms. The lowest BCUT2D eigenvalue weighted by Crippen LogP contribution is -2.42. The third kappa shape index (κ3) is 7.85. The minimum Gasteiger partial charge on any atom is -0.479 e. The molecule has 3 N–H and O–H groups in total. The number of aliphatic hydroxyl groups is 1. The number of carbonyl (C=O) groups is 2. The molecule has 2 aromatic rings. The van der Waals surface area contributed by atoms with Crippen LogP contribution in [-0.2, 0) is 20.7 Å². The van der Waals surface area contributed by atoms with E-state index in [1.54, 1.807) is 0 Å². The zero-order valence-electron chi connectivity index (χ0n) is 16.5. The summed E-state index contributed by atoms with van der Waals surface area (Å²) in [4.78, 5) is 23.1. The van der Waals surface area contributed by atoms with Crippen molar-refractivity contribution < 1.29 is 24.5 Å². The van der Waals surface area contributed by atoms with E-state index < -0.39 is 18.1 Å². The Morgan fingerprint density at radius 2 is 1.79 bits per heavy atom. The smallest absolute Gasteiger partial charge is 0.332 e. The third-order valence-corrected chi connectivity index (χ3v) is 4.53. The number of halogens is 1. The molecule has 0 saturated heterocycles. The number of rotatable bonds is 10. The average molecular weight is 420 g/mol. The van der Waals surface area contributed by atoms with E-state index in [4.69, 9.17) is 21.4 Å². The third-order valence-electron chi connectivity index (χ3n) is 4.30. The van der Waals surface area contributed by atoms with E-state index in [2.05, 4.69) is 5.32 Å². The summed E-state index contributed by atoms with van der Waals surface area (Å²) in [6.45, 7) is 3.52. The van der Waals surface area contributed by atoms with Gasteiger partial charge in [-0.25, -0.2) is 4.79 Å². The van der Waals surface area contributed by atoms with Gasteiger partial charge < -0.3 is 20.3 Å². The van der Waals surface area contributed by atoms with Gasteiger partial charge in [-0.1, -0.05) is 48.0 Å². The van der Waals surface area contributed by atoms with Crippen molar-refractivity contribution in [2.75, 3.05) is 6.61 Å². The number of nitrogens with one attached hydrogen (secondary N) is 1. The summed E-state index contributed by atoms with van der Waals surface area (Å²) >= 11 is 6.04. The summed E-state index contributed by atoms with van der Waals surface area (Å²) in [6, 6.07) is 14.7. The molecule has 0 bridgehead atoms. The number of carbonyl (C=O) groups excluding carboxylic acids is 1. The van der Waals surface area contributed by atoms with E-state index in [0.717, 1.165) is 16.7 Å². The molecule has 2 atom stereocenters. The van der Waals surface area contributed by atoms with Gasteiger partial charge in [0.1, 0.15) is 6.61 Å². The van der Waals surface area contributed by atoms with Gasteiger partial charge in [-0.15, -0.1) is 0 Å². The number of benzene rings is 2. The van der Waals surface area contributed by atoms with Gasteiger partial charge >= 0.3 is 5.97 Å². The number of carboxylic acids is 1. The Balaban J connectivity index is 2.08. The van der Waals surface area contributed by atoms with Gasteiger partial charge in [-0.05, 0) is 49.1 Å². The lowest BCUT2D eigenvalue weighted by Gasteiger charge is -2.21. The first-order valence-electron chi connectivity index (χ1n) is 9.41. The fourth-order valence-electron chi connectivity index (χ4n) is 2.86. The number of ether oxygens (including phenoxy) is 1. The highest BCUT2D eigenvalue weighted by molar-refractivity contribution is 6.30. The first-order chi connectivity index (χ1) is 13.7. The second-order valence-electron chi connectivity index (χ2n) is 7.13. The predicted molar refractivity (Wildman–Crippen MR) is 112 cm³/mol. The molecule has 1 amide bonds. The summed E-state index contributed by atoms with van der Waals surface area (Å²) < 4.78 is 5.28. The monoisotopic (exact) mass is 419 g/mol. The molecule has 0 fully saturated rings. The van der Waals surface area contributed by atoms with Crippen molar-refractivity contribution in [1.82, 2.24) is 5.32 Å². The van der Waals surface area contributed by atoms with Gasteiger partial charge in [0.2, 0.25) is 5.91 Å². The first-order valence-corrected chi connectivity index (χ1v) is 9.79. The molecule has 0 aliphatic heterocycles. The van der Waals surface area contributed by atoms with E-state index in [-0.39, 0.29) is 25.0 Å². The minimum absolute atomic E-state index is 0.0946. The summed E-state index contributed by atoms with van der Waals surface area (Å²) in [5.41, 5.74) is 2.89. The Bertz CT molecular complexity index is 822. The van der Waals surface area contributed by atoms with E-state index >= 15 is 0 Å². The molecule has 2 rings (SSSR count). The summed E-state index contributed by atoms with van der Waals surface area (Å²) in [5.74, 6) is -1.67. The molecule has 0 spiro atoms. The van der Waals surface area contributed by atoms with Gasteiger partial charge in [0.05, 0.1) is 6.10 Å². The number of aliphatic hydroxyl groups excluding tert-OH is 1. The van der Waals surface area contributed by atoms with Crippen LogP contribution in [0.25, 0.3) is 11.1 Å². The molecule has 7 heteroatoms. The van der Waals surface area contributed by atoms with Crippen molar-refractivity contribution in [2.45, 2.75) is 44.9 Å². The van der Waals surface area contributed by atoms with Crippen LogP contribution in [0, 0.1) is 0 Å². The lowest BCUT2D eigenvalue weighted by molar-refractivity contribution is -0.147. The Labute approximate surface area is 175 Å². The Kier molecular flexibility index (Phi) is 8.64. The van der Waals surface area contributed by atoms with Crippen molar-refractivity contribution in [3.8, 4) is 11.1 Å². The predicted octanol–water partition coefficient (Wildman–Crippen LogP) is 3.29. The van der Waals surface area contributed by atoms with Crippen LogP contribution in [0.15, 0.2) is 48.5 Å². The van der Waals surface area contributed by atoms with E-state index in [1.165, 1.54) is 0 Å². The lowest BCUT2D eigenvalue weighted by atomic mass is 9.98. The zero-order valence-corrected chi connectivity index (χ0v) is 17.2. The standard InChI is InChI=1S/C22H26ClNO5/c1-14(2)29-13-21(26)24-19(12-20(25)22(27)28)10-15-6-8-16(9-7-15)17-4-3-5-18(23)11-17/h3-9,11,14,19-20,25H,10,12-13H2,1-2H3,(H,24,26)(H,27,28)/t19-,20-/m1/s1. The second kappa shape index (κ2) is 11.0. The fraction of sp³-hybridized carbons (Fsp3) is 0.364. The van der Waals surface area contributed by atoms with Crippen LogP contribution in [0.4, 0.5) is 0 Å². The maximum Gasteiger partial charge on any atom is 0.332 e. The van der Waals surface area contributed by atoms with Crippen molar-refractivity contribution >= 4 is 23.5 Å². The molecule has 0 unspecified atom stereocenters. The van der Waals surface area contributed by atoms with Crippen LogP contribution in [0.5, 0.6) is 0 Å². The van der Waals surface area contributed by atoms with E-state index in [9.17, 15) is 14.7 Å². The van der Waals surface area contributed by atoms with E-state index in [1.807, 2.05) is 62.4 Å². The maximum atomic E-state index is 12.1. The quantitative estimate of drug-likeness (QED) is 0.549. The van der Waals surface area contributed by atoms with E-state index in [0.29, 0.717) is 11.4 Å². The highest BCUT2D eigenvalue weighted by atomic mass is 35.5. The normalized spacial score (nSPS) is 13.1. The van der Waals surface area contributed by atoms with Crippen molar-refractivity contribution in [3.05, 3.63) is 59.1 Å². The Hall–Kier alpha value is -2.41. The number of amides is 1. The average Bonchev–Trinajstić information content (AvgIpc) is 2.66. The molecule has 156 valence electrons. The number of carboxylic acid groups (broad SMARTS) is 1. The largest absolute Gasteiger partial charge is 0.479 e. The Morgan fingerprint density at radius 3 is 2.38 bits per heavy atom. The molecule has 6 nitrogen and oxygen atoms in total.